The van der Waals surface area contributed by atoms with Gasteiger partial charge in [-0.2, -0.15) is 0 Å². The fourth-order valence-corrected chi connectivity index (χ4v) is 0.838. The van der Waals surface area contributed by atoms with Crippen molar-refractivity contribution in [1.29, 1.82) is 0 Å². The van der Waals surface area contributed by atoms with E-state index in [4.69, 9.17) is 5.11 Å². The smallest absolute Gasteiger partial charge is 0.275 e. The Morgan fingerprint density at radius 3 is 2.92 bits per heavy atom. The lowest BCUT2D eigenvalue weighted by Crippen LogP contribution is -1.96. The van der Waals surface area contributed by atoms with Crippen molar-refractivity contribution in [3.63, 3.8) is 0 Å². The summed E-state index contributed by atoms with van der Waals surface area (Å²) in [6.45, 7) is 1.33. The molecule has 0 aliphatic rings. The maximum Gasteiger partial charge on any atom is 0.275 e. The fourth-order valence-electron chi connectivity index (χ4n) is 0.838. The van der Waals surface area contributed by atoms with Gasteiger partial charge in [-0.25, -0.2) is 0 Å². The van der Waals surface area contributed by atoms with Crippen LogP contribution in [0.25, 0.3) is 0 Å². The second-order valence-corrected chi connectivity index (χ2v) is 2.38. The Morgan fingerprint density at radius 2 is 2.42 bits per heavy atom. The third-order valence-electron chi connectivity index (χ3n) is 1.49. The molecule has 0 atom stereocenters. The first kappa shape index (κ1) is 8.61. The molecule has 0 unspecified atom stereocenters. The largest absolute Gasteiger partial charge is 0.390 e. The number of nitro groups is 1. The van der Waals surface area contributed by atoms with E-state index in [1.165, 1.54) is 12.3 Å². The fraction of sp³-hybridized carbons (Fsp3) is 0.286. The van der Waals surface area contributed by atoms with E-state index >= 15 is 0 Å². The van der Waals surface area contributed by atoms with Gasteiger partial charge in [0.1, 0.15) is 0 Å². The van der Waals surface area contributed by atoms with Gasteiger partial charge >= 0.3 is 0 Å². The number of aromatic nitrogens is 1. The normalized spacial score (nSPS) is 9.83. The Hall–Kier alpha value is -1.49. The summed E-state index contributed by atoms with van der Waals surface area (Å²) in [5.41, 5.74) is 0.804. The van der Waals surface area contributed by atoms with Crippen LogP contribution >= 0.6 is 0 Å². The van der Waals surface area contributed by atoms with Crippen LogP contribution in [0, 0.1) is 17.0 Å². The number of aliphatic hydroxyl groups excluding tert-OH is 1. The van der Waals surface area contributed by atoms with Crippen molar-refractivity contribution in [3.8, 4) is 0 Å². The molecule has 0 radical (unpaired) electrons. The molecule has 0 fully saturated rings. The Bertz CT molecular complexity index is 312. The zero-order valence-electron chi connectivity index (χ0n) is 6.52. The number of hydrogen-bond acceptors (Lipinski definition) is 4. The topological polar surface area (TPSA) is 76.3 Å². The van der Waals surface area contributed by atoms with Crippen LogP contribution in [0.1, 0.15) is 11.3 Å². The highest BCUT2D eigenvalue weighted by Gasteiger charge is 2.10. The monoisotopic (exact) mass is 168 g/mol. The highest BCUT2D eigenvalue weighted by Crippen LogP contribution is 2.16. The number of rotatable bonds is 2. The van der Waals surface area contributed by atoms with E-state index in [2.05, 4.69) is 4.98 Å². The third-order valence-corrected chi connectivity index (χ3v) is 1.49. The Labute approximate surface area is 68.8 Å². The average Bonchev–Trinajstić information content (AvgIpc) is 2.05. The summed E-state index contributed by atoms with van der Waals surface area (Å²) >= 11 is 0. The van der Waals surface area contributed by atoms with E-state index in [0.29, 0.717) is 11.3 Å². The molecule has 0 saturated carbocycles. The summed E-state index contributed by atoms with van der Waals surface area (Å²) in [5, 5.41) is 19.0. The van der Waals surface area contributed by atoms with Gasteiger partial charge in [0.25, 0.3) is 5.69 Å². The van der Waals surface area contributed by atoms with Crippen molar-refractivity contribution >= 4 is 5.69 Å². The molecule has 1 N–H and O–H groups in total. The van der Waals surface area contributed by atoms with E-state index in [9.17, 15) is 10.1 Å². The van der Waals surface area contributed by atoms with Gasteiger partial charge < -0.3 is 5.11 Å². The standard InChI is InChI=1S/C7H8N2O3/c1-5-3-8-6(4-10)2-7(5)9(11)12/h2-3,10H,4H2,1H3. The first-order valence-corrected chi connectivity index (χ1v) is 3.36. The van der Waals surface area contributed by atoms with Crippen LogP contribution in [0.4, 0.5) is 5.69 Å². The Kier molecular flexibility index (Phi) is 2.35. The number of nitrogens with zero attached hydrogens (tertiary/aromatic N) is 2. The van der Waals surface area contributed by atoms with Crippen molar-refractivity contribution in [2.45, 2.75) is 13.5 Å². The Balaban J connectivity index is 3.17. The van der Waals surface area contributed by atoms with Crippen molar-refractivity contribution in [3.05, 3.63) is 33.6 Å². The summed E-state index contributed by atoms with van der Waals surface area (Å²) in [4.78, 5) is 13.7. The van der Waals surface area contributed by atoms with Crippen LogP contribution in [0.15, 0.2) is 12.3 Å². The van der Waals surface area contributed by atoms with Gasteiger partial charge in [0.15, 0.2) is 0 Å². The van der Waals surface area contributed by atoms with E-state index in [1.54, 1.807) is 6.92 Å². The van der Waals surface area contributed by atoms with Gasteiger partial charge in [-0.05, 0) is 6.92 Å². The quantitative estimate of drug-likeness (QED) is 0.523. The SMILES string of the molecule is Cc1cnc(CO)cc1[N+](=O)[O-]. The van der Waals surface area contributed by atoms with Crippen LogP contribution in [-0.2, 0) is 6.61 Å². The summed E-state index contributed by atoms with van der Waals surface area (Å²) < 4.78 is 0. The Morgan fingerprint density at radius 1 is 1.75 bits per heavy atom. The molecule has 64 valence electrons. The van der Waals surface area contributed by atoms with E-state index in [-0.39, 0.29) is 12.3 Å². The van der Waals surface area contributed by atoms with Gasteiger partial charge in [0.2, 0.25) is 0 Å². The molecule has 0 aliphatic heterocycles. The van der Waals surface area contributed by atoms with Gasteiger partial charge in [-0.15, -0.1) is 0 Å². The molecule has 12 heavy (non-hydrogen) atoms. The minimum absolute atomic E-state index is 0.00551. The zero-order chi connectivity index (χ0) is 9.14. The molecular weight excluding hydrogens is 160 g/mol. The van der Waals surface area contributed by atoms with Crippen molar-refractivity contribution in [2.75, 3.05) is 0 Å². The van der Waals surface area contributed by atoms with Gasteiger partial charge in [-0.1, -0.05) is 0 Å². The molecule has 5 nitrogen and oxygen atoms in total. The molecule has 5 heteroatoms. The number of pyridine rings is 1. The summed E-state index contributed by atoms with van der Waals surface area (Å²) in [7, 11) is 0. The first-order valence-electron chi connectivity index (χ1n) is 3.36. The van der Waals surface area contributed by atoms with Crippen LogP contribution in [-0.4, -0.2) is 15.0 Å². The van der Waals surface area contributed by atoms with Crippen molar-refractivity contribution < 1.29 is 10.0 Å². The maximum absolute atomic E-state index is 10.4. The average molecular weight is 168 g/mol. The molecule has 1 heterocycles. The van der Waals surface area contributed by atoms with Gasteiger partial charge in [-0.3, -0.25) is 15.1 Å². The predicted molar refractivity (Wildman–Crippen MR) is 41.6 cm³/mol. The first-order chi connectivity index (χ1) is 5.65. The van der Waals surface area contributed by atoms with Gasteiger partial charge in [0.05, 0.1) is 17.2 Å². The van der Waals surface area contributed by atoms with E-state index in [1.807, 2.05) is 0 Å². The highest BCUT2D eigenvalue weighted by atomic mass is 16.6. The summed E-state index contributed by atoms with van der Waals surface area (Å²) in [6, 6.07) is 1.27. The predicted octanol–water partition coefficient (Wildman–Crippen LogP) is 0.791. The zero-order valence-corrected chi connectivity index (χ0v) is 6.52. The number of aliphatic hydroxyl groups is 1. The summed E-state index contributed by atoms with van der Waals surface area (Å²) in [6.07, 6.45) is 1.38. The van der Waals surface area contributed by atoms with Crippen LogP contribution in [0.3, 0.4) is 0 Å². The van der Waals surface area contributed by atoms with E-state index in [0.717, 1.165) is 0 Å². The lowest BCUT2D eigenvalue weighted by molar-refractivity contribution is -0.385. The summed E-state index contributed by atoms with van der Waals surface area (Å²) in [5.74, 6) is 0. The molecule has 0 aromatic carbocycles. The van der Waals surface area contributed by atoms with Crippen molar-refractivity contribution in [1.82, 2.24) is 4.98 Å². The molecule has 0 aliphatic carbocycles. The molecule has 0 spiro atoms. The number of aryl methyl sites for hydroxylation is 1. The molecule has 0 bridgehead atoms. The minimum Gasteiger partial charge on any atom is -0.390 e. The molecule has 1 aromatic rings. The molecule has 1 rings (SSSR count). The highest BCUT2D eigenvalue weighted by molar-refractivity contribution is 5.38. The van der Waals surface area contributed by atoms with Crippen LogP contribution < -0.4 is 0 Å². The van der Waals surface area contributed by atoms with Crippen LogP contribution in [0.5, 0.6) is 0 Å². The molecule has 1 aromatic heterocycles. The third kappa shape index (κ3) is 1.57. The van der Waals surface area contributed by atoms with E-state index < -0.39 is 4.92 Å². The minimum atomic E-state index is -0.490. The van der Waals surface area contributed by atoms with Crippen molar-refractivity contribution in [2.24, 2.45) is 0 Å². The van der Waals surface area contributed by atoms with Crippen LogP contribution in [0.2, 0.25) is 0 Å². The number of hydrogen-bond donors (Lipinski definition) is 1. The van der Waals surface area contributed by atoms with Gasteiger partial charge in [0, 0.05) is 17.8 Å². The molecule has 0 amide bonds. The maximum atomic E-state index is 10.4. The second kappa shape index (κ2) is 3.27. The lowest BCUT2D eigenvalue weighted by atomic mass is 10.2. The molecule has 0 saturated heterocycles. The molecular formula is C7H8N2O3. The lowest BCUT2D eigenvalue weighted by Gasteiger charge is -1.97. The second-order valence-electron chi connectivity index (χ2n) is 2.38.